The van der Waals surface area contributed by atoms with E-state index in [1.165, 1.54) is 28.5 Å². The van der Waals surface area contributed by atoms with Gasteiger partial charge in [-0.05, 0) is 73.3 Å². The van der Waals surface area contributed by atoms with Gasteiger partial charge in [0.2, 0.25) is 5.84 Å². The molecule has 1 amide bonds. The number of amidine groups is 1. The van der Waals surface area contributed by atoms with E-state index in [1.54, 1.807) is 23.2 Å². The normalized spacial score (nSPS) is 14.6. The number of benzene rings is 3. The molecule has 0 saturated heterocycles. The molecule has 3 aromatic rings. The molecule has 2 heterocycles. The number of halogens is 1. The van der Waals surface area contributed by atoms with Crippen molar-refractivity contribution in [1.82, 2.24) is 5.28 Å². The van der Waals surface area contributed by atoms with Crippen LogP contribution < -0.4 is 10.0 Å². The van der Waals surface area contributed by atoms with Gasteiger partial charge in [0.25, 0.3) is 11.6 Å². The maximum absolute atomic E-state index is 13.6. The van der Waals surface area contributed by atoms with Crippen molar-refractivity contribution in [3.8, 4) is 0 Å². The number of oxime groups is 1. The van der Waals surface area contributed by atoms with E-state index in [1.807, 2.05) is 39.8 Å². The van der Waals surface area contributed by atoms with Crippen LogP contribution in [0.25, 0.3) is 0 Å². The van der Waals surface area contributed by atoms with Crippen LogP contribution >= 0.6 is 11.6 Å². The van der Waals surface area contributed by atoms with E-state index < -0.39 is 10.8 Å². The molecule has 0 fully saturated rings. The number of hydrazine groups is 2. The number of amides is 1. The van der Waals surface area contributed by atoms with Crippen LogP contribution in [-0.2, 0) is 4.94 Å². The van der Waals surface area contributed by atoms with Crippen molar-refractivity contribution >= 4 is 40.4 Å². The van der Waals surface area contributed by atoms with Gasteiger partial charge in [-0.2, -0.15) is 10.0 Å². The summed E-state index contributed by atoms with van der Waals surface area (Å²) in [7, 11) is 0. The van der Waals surface area contributed by atoms with E-state index in [0.29, 0.717) is 22.2 Å². The Morgan fingerprint density at radius 3 is 2.18 bits per heavy atom. The van der Waals surface area contributed by atoms with E-state index in [4.69, 9.17) is 16.5 Å². The molecular weight excluding hydrogens is 458 g/mol. The highest BCUT2D eigenvalue weighted by Crippen LogP contribution is 2.44. The summed E-state index contributed by atoms with van der Waals surface area (Å²) in [4.78, 5) is 30.2. The average Bonchev–Trinajstić information content (AvgIpc) is 3.40. The molecule has 0 radical (unpaired) electrons. The summed E-state index contributed by atoms with van der Waals surface area (Å²) < 4.78 is 0. The number of anilines is 2. The number of nitrogens with zero attached hydrogens (tertiary/aromatic N) is 5. The number of fused-ring (bicyclic) bond motifs is 3. The van der Waals surface area contributed by atoms with Gasteiger partial charge in [-0.15, -0.1) is 0 Å². The third kappa shape index (κ3) is 2.98. The van der Waals surface area contributed by atoms with Crippen LogP contribution in [0.15, 0.2) is 53.7 Å². The van der Waals surface area contributed by atoms with Crippen LogP contribution in [0.1, 0.15) is 38.2 Å². The fourth-order valence-corrected chi connectivity index (χ4v) is 4.63. The Kier molecular flexibility index (Phi) is 5.03. The van der Waals surface area contributed by atoms with Crippen molar-refractivity contribution < 1.29 is 14.7 Å². The van der Waals surface area contributed by atoms with E-state index in [-0.39, 0.29) is 11.3 Å². The molecule has 0 N–H and O–H groups in total. The number of hydrogen-bond donors (Lipinski definition) is 0. The van der Waals surface area contributed by atoms with E-state index in [9.17, 15) is 14.9 Å². The minimum absolute atomic E-state index is 0.0632. The second-order valence-electron chi connectivity index (χ2n) is 8.13. The summed E-state index contributed by atoms with van der Waals surface area (Å²) in [6, 6.07) is 13.0. The zero-order valence-electron chi connectivity index (χ0n) is 18.9. The molecule has 2 aliphatic heterocycles. The van der Waals surface area contributed by atoms with Gasteiger partial charge in [0.05, 0.1) is 21.6 Å². The van der Waals surface area contributed by atoms with Gasteiger partial charge in [-0.25, -0.2) is 0 Å². The highest BCUT2D eigenvalue weighted by molar-refractivity contribution is 6.32. The second kappa shape index (κ2) is 7.82. The first kappa shape index (κ1) is 21.9. The summed E-state index contributed by atoms with van der Waals surface area (Å²) in [6.45, 7) is 7.83. The quantitative estimate of drug-likeness (QED) is 0.371. The predicted octanol–water partition coefficient (Wildman–Crippen LogP) is 5.39. The van der Waals surface area contributed by atoms with Gasteiger partial charge in [-0.1, -0.05) is 35.9 Å². The lowest BCUT2D eigenvalue weighted by molar-refractivity contribution is -0.385. The molecule has 0 aromatic heterocycles. The highest BCUT2D eigenvalue weighted by Gasteiger charge is 2.48. The summed E-state index contributed by atoms with van der Waals surface area (Å²) in [5, 5.41) is 20.7. The molecule has 0 atom stereocenters. The van der Waals surface area contributed by atoms with Gasteiger partial charge in [-0.3, -0.25) is 19.8 Å². The molecule has 0 unspecified atom stereocenters. The van der Waals surface area contributed by atoms with E-state index in [0.717, 1.165) is 27.8 Å². The first-order chi connectivity index (χ1) is 16.2. The molecule has 172 valence electrons. The minimum Gasteiger partial charge on any atom is -0.267 e. The number of para-hydroxylation sites is 3. The first-order valence-electron chi connectivity index (χ1n) is 10.5. The average molecular weight is 478 g/mol. The Labute approximate surface area is 200 Å². The van der Waals surface area contributed by atoms with Crippen LogP contribution in [0.3, 0.4) is 0 Å². The van der Waals surface area contributed by atoms with Crippen LogP contribution in [-0.4, -0.2) is 21.9 Å². The standard InChI is InChI=1S/C24H20ClN5O4/c1-13-15(3)22(25)16(4)14(2)21(13)23-26-34-30-27(23)19-11-7-8-12-20(19)28(30)24(31)17-9-5-6-10-18(17)29(32)33/h5-12H,1-4H3. The van der Waals surface area contributed by atoms with Crippen LogP contribution in [0.4, 0.5) is 17.1 Å². The second-order valence-corrected chi connectivity index (χ2v) is 8.51. The van der Waals surface area contributed by atoms with E-state index >= 15 is 0 Å². The lowest BCUT2D eigenvalue weighted by Gasteiger charge is -2.25. The zero-order valence-corrected chi connectivity index (χ0v) is 19.6. The molecule has 2 aliphatic rings. The molecule has 5 rings (SSSR count). The van der Waals surface area contributed by atoms with Crippen LogP contribution in [0.2, 0.25) is 5.02 Å². The maximum Gasteiger partial charge on any atom is 0.284 e. The first-order valence-corrected chi connectivity index (χ1v) is 10.9. The number of nitro benzene ring substituents is 1. The van der Waals surface area contributed by atoms with Gasteiger partial charge in [0.1, 0.15) is 5.56 Å². The molecule has 9 nitrogen and oxygen atoms in total. The number of rotatable bonds is 3. The highest BCUT2D eigenvalue weighted by atomic mass is 35.5. The Morgan fingerprint density at radius 1 is 0.941 bits per heavy atom. The third-order valence-electron chi connectivity index (χ3n) is 6.36. The number of nitro groups is 1. The number of carbonyl (C=O) groups is 1. The van der Waals surface area contributed by atoms with Gasteiger partial charge >= 0.3 is 0 Å². The van der Waals surface area contributed by atoms with Crippen molar-refractivity contribution in [3.05, 3.63) is 97.0 Å². The largest absolute Gasteiger partial charge is 0.284 e. The van der Waals surface area contributed by atoms with Crippen molar-refractivity contribution in [1.29, 1.82) is 0 Å². The Hall–Kier alpha value is -3.95. The minimum atomic E-state index is -0.615. The van der Waals surface area contributed by atoms with Gasteiger partial charge < -0.3 is 0 Å². The van der Waals surface area contributed by atoms with Crippen molar-refractivity contribution in [2.24, 2.45) is 5.16 Å². The molecule has 3 aromatic carbocycles. The lowest BCUT2D eigenvalue weighted by Crippen LogP contribution is -2.49. The SMILES string of the molecule is Cc1c(C)c(C2=NON3N(C(=O)c4ccccc4[N+](=O)[O-])c4ccccc4N23)c(C)c(C)c1Cl. The predicted molar refractivity (Wildman–Crippen MR) is 129 cm³/mol. The molecular formula is C24H20ClN5O4. The molecule has 34 heavy (non-hydrogen) atoms. The van der Waals surface area contributed by atoms with Gasteiger partial charge in [0.15, 0.2) is 0 Å². The van der Waals surface area contributed by atoms with Crippen molar-refractivity contribution in [3.63, 3.8) is 0 Å². The zero-order chi connectivity index (χ0) is 24.3. The molecule has 10 heteroatoms. The lowest BCUT2D eigenvalue weighted by atomic mass is 9.93. The third-order valence-corrected chi connectivity index (χ3v) is 6.93. The Bertz CT molecular complexity index is 1390. The summed E-state index contributed by atoms with van der Waals surface area (Å²) in [5.74, 6) is -0.126. The smallest absolute Gasteiger partial charge is 0.267 e. The Balaban J connectivity index is 1.65. The summed E-state index contributed by atoms with van der Waals surface area (Å²) in [5.41, 5.74) is 5.40. The molecule has 0 saturated carbocycles. The van der Waals surface area contributed by atoms with Gasteiger partial charge in [0, 0.05) is 16.7 Å². The monoisotopic (exact) mass is 477 g/mol. The fourth-order valence-electron chi connectivity index (χ4n) is 4.35. The van der Waals surface area contributed by atoms with Crippen LogP contribution in [0, 0.1) is 37.8 Å². The van der Waals surface area contributed by atoms with Crippen molar-refractivity contribution in [2.45, 2.75) is 27.7 Å². The fraction of sp³-hybridized carbons (Fsp3) is 0.167. The maximum atomic E-state index is 13.6. The number of hydrogen-bond acceptors (Lipinski definition) is 7. The topological polar surface area (TPSA) is 91.5 Å². The van der Waals surface area contributed by atoms with E-state index in [2.05, 4.69) is 5.16 Å². The Morgan fingerprint density at radius 2 is 1.53 bits per heavy atom. The summed E-state index contributed by atoms with van der Waals surface area (Å²) in [6.07, 6.45) is 0. The van der Waals surface area contributed by atoms with Crippen molar-refractivity contribution in [2.75, 3.05) is 10.0 Å². The molecule has 0 aliphatic carbocycles. The molecule has 0 bridgehead atoms. The molecule has 0 spiro atoms. The number of carbonyl (C=O) groups excluding carboxylic acids is 1. The summed E-state index contributed by atoms with van der Waals surface area (Å²) >= 11 is 6.53. The van der Waals surface area contributed by atoms with Crippen LogP contribution in [0.5, 0.6) is 0 Å².